The van der Waals surface area contributed by atoms with Crippen molar-refractivity contribution in [2.24, 2.45) is 23.5 Å². The first-order chi connectivity index (χ1) is 7.36. The lowest BCUT2D eigenvalue weighted by atomic mass is 9.71. The zero-order chi connectivity index (χ0) is 12.3. The molecule has 1 aliphatic rings. The second-order valence-corrected chi connectivity index (χ2v) is 6.24. The van der Waals surface area contributed by atoms with Crippen LogP contribution in [0.3, 0.4) is 0 Å². The summed E-state index contributed by atoms with van der Waals surface area (Å²) in [5.41, 5.74) is 6.23. The average molecular weight is 227 g/mol. The summed E-state index contributed by atoms with van der Waals surface area (Å²) in [5.74, 6) is 2.26. The van der Waals surface area contributed by atoms with Gasteiger partial charge in [0.05, 0.1) is 5.60 Å². The Morgan fingerprint density at radius 3 is 2.12 bits per heavy atom. The Kier molecular flexibility index (Phi) is 4.81. The Labute approximate surface area is 101 Å². The number of nitrogens with two attached hydrogens (primary N) is 1. The van der Waals surface area contributed by atoms with Crippen LogP contribution < -0.4 is 5.73 Å². The molecule has 3 unspecified atom stereocenters. The molecule has 0 heterocycles. The minimum absolute atomic E-state index is 0.164. The van der Waals surface area contributed by atoms with E-state index in [0.29, 0.717) is 5.92 Å². The smallest absolute Gasteiger partial charge is 0.0779 e. The Bertz CT molecular complexity index is 205. The molecule has 1 fully saturated rings. The highest BCUT2D eigenvalue weighted by atomic mass is 16.5. The van der Waals surface area contributed by atoms with Crippen LogP contribution in [0.5, 0.6) is 0 Å². The first-order valence-corrected chi connectivity index (χ1v) is 6.76. The number of hydrogen-bond acceptors (Lipinski definition) is 2. The Balaban J connectivity index is 2.61. The third kappa shape index (κ3) is 3.46. The second-order valence-electron chi connectivity index (χ2n) is 6.24. The monoisotopic (exact) mass is 227 g/mol. The summed E-state index contributed by atoms with van der Waals surface area (Å²) in [4.78, 5) is 0. The fourth-order valence-electron chi connectivity index (χ4n) is 3.34. The van der Waals surface area contributed by atoms with Crippen molar-refractivity contribution >= 4 is 0 Å². The second kappa shape index (κ2) is 5.50. The van der Waals surface area contributed by atoms with Crippen molar-refractivity contribution in [3.05, 3.63) is 0 Å². The molecular weight excluding hydrogens is 198 g/mol. The molecule has 2 N–H and O–H groups in total. The fraction of sp³-hybridized carbons (Fsp3) is 1.00. The highest BCUT2D eigenvalue weighted by Gasteiger charge is 2.36. The molecule has 0 spiro atoms. The van der Waals surface area contributed by atoms with Gasteiger partial charge in [-0.05, 0) is 57.8 Å². The van der Waals surface area contributed by atoms with Crippen molar-refractivity contribution in [2.45, 2.75) is 65.5 Å². The molecule has 1 aliphatic carbocycles. The topological polar surface area (TPSA) is 35.2 Å². The first kappa shape index (κ1) is 14.0. The zero-order valence-corrected chi connectivity index (χ0v) is 11.6. The molecule has 3 atom stereocenters. The highest BCUT2D eigenvalue weighted by molar-refractivity contribution is 4.91. The minimum atomic E-state index is -0.184. The van der Waals surface area contributed by atoms with Crippen molar-refractivity contribution in [3.8, 4) is 0 Å². The van der Waals surface area contributed by atoms with Crippen molar-refractivity contribution in [2.75, 3.05) is 6.61 Å². The molecule has 0 aromatic heterocycles. The summed E-state index contributed by atoms with van der Waals surface area (Å²) in [7, 11) is 0. The van der Waals surface area contributed by atoms with E-state index in [-0.39, 0.29) is 11.6 Å². The van der Waals surface area contributed by atoms with E-state index in [1.54, 1.807) is 0 Å². The molecule has 0 radical (unpaired) electrons. The summed E-state index contributed by atoms with van der Waals surface area (Å²) < 4.78 is 5.79. The van der Waals surface area contributed by atoms with E-state index in [1.165, 1.54) is 19.3 Å². The molecule has 0 saturated heterocycles. The van der Waals surface area contributed by atoms with E-state index < -0.39 is 0 Å². The molecule has 0 amide bonds. The summed E-state index contributed by atoms with van der Waals surface area (Å²) in [5, 5.41) is 0. The van der Waals surface area contributed by atoms with Gasteiger partial charge in [-0.25, -0.2) is 0 Å². The maximum atomic E-state index is 6.41. The number of ether oxygens (including phenoxy) is 1. The van der Waals surface area contributed by atoms with Gasteiger partial charge in [-0.15, -0.1) is 0 Å². The van der Waals surface area contributed by atoms with Gasteiger partial charge in [0, 0.05) is 12.6 Å². The van der Waals surface area contributed by atoms with E-state index in [0.717, 1.165) is 18.4 Å². The van der Waals surface area contributed by atoms with Crippen LogP contribution in [0.25, 0.3) is 0 Å². The van der Waals surface area contributed by atoms with E-state index in [9.17, 15) is 0 Å². The van der Waals surface area contributed by atoms with Crippen LogP contribution in [0, 0.1) is 17.8 Å². The van der Waals surface area contributed by atoms with Crippen LogP contribution in [-0.4, -0.2) is 18.2 Å². The van der Waals surface area contributed by atoms with Gasteiger partial charge in [0.2, 0.25) is 0 Å². The van der Waals surface area contributed by atoms with E-state index in [4.69, 9.17) is 10.5 Å². The number of hydrogen-bond donors (Lipinski definition) is 1. The van der Waals surface area contributed by atoms with Crippen LogP contribution in [0.15, 0.2) is 0 Å². The SMILES string of the molecule is CCOC(C)(C)C(N)C1CC(C)CC(C)C1. The van der Waals surface area contributed by atoms with Crippen molar-refractivity contribution in [1.82, 2.24) is 0 Å². The lowest BCUT2D eigenvalue weighted by Gasteiger charge is -2.41. The van der Waals surface area contributed by atoms with Crippen LogP contribution in [0.2, 0.25) is 0 Å². The van der Waals surface area contributed by atoms with Crippen LogP contribution in [0.4, 0.5) is 0 Å². The van der Waals surface area contributed by atoms with E-state index in [1.807, 2.05) is 6.92 Å². The molecule has 0 aromatic rings. The Morgan fingerprint density at radius 1 is 1.19 bits per heavy atom. The summed E-state index contributed by atoms with van der Waals surface area (Å²) in [6.07, 6.45) is 3.89. The normalized spacial score (nSPS) is 33.8. The number of rotatable bonds is 4. The van der Waals surface area contributed by atoms with Crippen LogP contribution in [-0.2, 0) is 4.74 Å². The standard InChI is InChI=1S/C14H29NO/c1-6-16-14(4,5)13(15)12-8-10(2)7-11(3)9-12/h10-13H,6-9,15H2,1-5H3. The van der Waals surface area contributed by atoms with Gasteiger partial charge in [0.1, 0.15) is 0 Å². The predicted octanol–water partition coefficient (Wildman–Crippen LogP) is 3.20. The highest BCUT2D eigenvalue weighted by Crippen LogP contribution is 2.37. The largest absolute Gasteiger partial charge is 0.374 e. The van der Waals surface area contributed by atoms with Gasteiger partial charge in [0.15, 0.2) is 0 Å². The predicted molar refractivity (Wildman–Crippen MR) is 69.3 cm³/mol. The van der Waals surface area contributed by atoms with Gasteiger partial charge in [-0.2, -0.15) is 0 Å². The molecule has 16 heavy (non-hydrogen) atoms. The summed E-state index contributed by atoms with van der Waals surface area (Å²) in [6.45, 7) is 11.8. The summed E-state index contributed by atoms with van der Waals surface area (Å²) >= 11 is 0. The third-order valence-corrected chi connectivity index (χ3v) is 4.04. The molecular formula is C14H29NO. The Morgan fingerprint density at radius 2 is 1.69 bits per heavy atom. The molecule has 0 aromatic carbocycles. The molecule has 1 rings (SSSR count). The lowest BCUT2D eigenvalue weighted by molar-refractivity contribution is -0.0508. The zero-order valence-electron chi connectivity index (χ0n) is 11.6. The van der Waals surface area contributed by atoms with Crippen LogP contribution >= 0.6 is 0 Å². The van der Waals surface area contributed by atoms with Gasteiger partial charge < -0.3 is 10.5 Å². The quantitative estimate of drug-likeness (QED) is 0.800. The van der Waals surface area contributed by atoms with E-state index in [2.05, 4.69) is 27.7 Å². The van der Waals surface area contributed by atoms with Gasteiger partial charge in [-0.1, -0.05) is 13.8 Å². The average Bonchev–Trinajstić information content (AvgIpc) is 2.14. The van der Waals surface area contributed by atoms with E-state index >= 15 is 0 Å². The van der Waals surface area contributed by atoms with Crippen molar-refractivity contribution in [3.63, 3.8) is 0 Å². The molecule has 96 valence electrons. The molecule has 0 bridgehead atoms. The third-order valence-electron chi connectivity index (χ3n) is 4.04. The molecule has 2 nitrogen and oxygen atoms in total. The molecule has 1 saturated carbocycles. The van der Waals surface area contributed by atoms with Crippen molar-refractivity contribution < 1.29 is 4.74 Å². The van der Waals surface area contributed by atoms with Crippen molar-refractivity contribution in [1.29, 1.82) is 0 Å². The molecule has 2 heteroatoms. The maximum Gasteiger partial charge on any atom is 0.0779 e. The summed E-state index contributed by atoms with van der Waals surface area (Å²) in [6, 6.07) is 0.164. The lowest BCUT2D eigenvalue weighted by Crippen LogP contribution is -2.51. The maximum absolute atomic E-state index is 6.41. The van der Waals surface area contributed by atoms with Crippen LogP contribution in [0.1, 0.15) is 53.9 Å². The van der Waals surface area contributed by atoms with Gasteiger partial charge in [0.25, 0.3) is 0 Å². The Hall–Kier alpha value is -0.0800. The van der Waals surface area contributed by atoms with Gasteiger partial charge >= 0.3 is 0 Å². The first-order valence-electron chi connectivity index (χ1n) is 6.76. The minimum Gasteiger partial charge on any atom is -0.374 e. The fourth-order valence-corrected chi connectivity index (χ4v) is 3.34. The molecule has 0 aliphatic heterocycles. The van der Waals surface area contributed by atoms with Gasteiger partial charge in [-0.3, -0.25) is 0 Å².